The third-order valence-corrected chi connectivity index (χ3v) is 5.92. The van der Waals surface area contributed by atoms with Gasteiger partial charge in [0.05, 0.1) is 24.8 Å². The molecule has 1 N–H and O–H groups in total. The number of hydrogen-bond acceptors (Lipinski definition) is 4. The Morgan fingerprint density at radius 1 is 1.31 bits per heavy atom. The van der Waals surface area contributed by atoms with E-state index in [0.717, 1.165) is 49.3 Å². The number of anilines is 1. The summed E-state index contributed by atoms with van der Waals surface area (Å²) in [7, 11) is 1.85. The minimum absolute atomic E-state index is 0.0882. The molecule has 0 radical (unpaired) electrons. The number of hydrogen-bond donors (Lipinski definition) is 1. The Morgan fingerprint density at radius 3 is 2.81 bits per heavy atom. The van der Waals surface area contributed by atoms with Gasteiger partial charge in [0.2, 0.25) is 5.91 Å². The van der Waals surface area contributed by atoms with Crippen LogP contribution in [0.4, 0.5) is 5.69 Å². The largest absolute Gasteiger partial charge is 0.394 e. The predicted octanol–water partition coefficient (Wildman–Crippen LogP) is 2.04. The molecule has 2 aliphatic heterocycles. The molecule has 3 heterocycles. The Kier molecular flexibility index (Phi) is 4.50. The van der Waals surface area contributed by atoms with Crippen molar-refractivity contribution in [1.82, 2.24) is 14.7 Å². The molecule has 138 valence electrons. The van der Waals surface area contributed by atoms with E-state index in [4.69, 9.17) is 16.7 Å². The predicted molar refractivity (Wildman–Crippen MR) is 100 cm³/mol. The Hall–Kier alpha value is -1.89. The lowest BCUT2D eigenvalue weighted by Crippen LogP contribution is -2.47. The SMILES string of the molecule is CN1C(=O)C2(CCN(Cc3cnn(CCO)c3)CC2)c2cc(Cl)ccc21. The maximum atomic E-state index is 13.0. The zero-order valence-corrected chi connectivity index (χ0v) is 15.6. The lowest BCUT2D eigenvalue weighted by molar-refractivity contribution is -0.124. The molecule has 1 aromatic heterocycles. The van der Waals surface area contributed by atoms with Gasteiger partial charge in [-0.05, 0) is 49.7 Å². The van der Waals surface area contributed by atoms with E-state index in [1.807, 2.05) is 37.6 Å². The summed E-state index contributed by atoms with van der Waals surface area (Å²) in [5, 5.41) is 13.9. The van der Waals surface area contributed by atoms with Gasteiger partial charge >= 0.3 is 0 Å². The number of likely N-dealkylation sites (tertiary alicyclic amines) is 1. The molecule has 0 atom stereocenters. The van der Waals surface area contributed by atoms with Crippen LogP contribution in [0.2, 0.25) is 5.02 Å². The Balaban J connectivity index is 1.49. The number of halogens is 1. The summed E-state index contributed by atoms with van der Waals surface area (Å²) < 4.78 is 1.76. The third kappa shape index (κ3) is 2.82. The smallest absolute Gasteiger partial charge is 0.237 e. The van der Waals surface area contributed by atoms with E-state index in [9.17, 15) is 4.79 Å². The van der Waals surface area contributed by atoms with E-state index in [1.54, 1.807) is 9.58 Å². The second kappa shape index (κ2) is 6.68. The normalized spacial score (nSPS) is 19.3. The van der Waals surface area contributed by atoms with Gasteiger partial charge in [-0.2, -0.15) is 5.10 Å². The molecule has 2 aliphatic rings. The zero-order valence-electron chi connectivity index (χ0n) is 14.9. The summed E-state index contributed by atoms with van der Waals surface area (Å²) in [6.07, 6.45) is 5.43. The fourth-order valence-corrected chi connectivity index (χ4v) is 4.45. The van der Waals surface area contributed by atoms with Crippen molar-refractivity contribution in [3.05, 3.63) is 46.7 Å². The van der Waals surface area contributed by atoms with Crippen LogP contribution in [-0.2, 0) is 23.3 Å². The summed E-state index contributed by atoms with van der Waals surface area (Å²) >= 11 is 6.22. The van der Waals surface area contributed by atoms with Crippen LogP contribution in [0.1, 0.15) is 24.0 Å². The van der Waals surface area contributed by atoms with Gasteiger partial charge < -0.3 is 10.0 Å². The molecule has 1 saturated heterocycles. The zero-order chi connectivity index (χ0) is 18.3. The number of amides is 1. The highest BCUT2D eigenvalue weighted by molar-refractivity contribution is 6.31. The molecule has 1 amide bonds. The Labute approximate surface area is 158 Å². The number of fused-ring (bicyclic) bond motifs is 2. The molecule has 0 saturated carbocycles. The monoisotopic (exact) mass is 374 g/mol. The maximum absolute atomic E-state index is 13.0. The van der Waals surface area contributed by atoms with E-state index in [-0.39, 0.29) is 12.5 Å². The van der Waals surface area contributed by atoms with Crippen molar-refractivity contribution < 1.29 is 9.90 Å². The fourth-order valence-electron chi connectivity index (χ4n) is 4.28. The van der Waals surface area contributed by atoms with Crippen LogP contribution < -0.4 is 4.90 Å². The average molecular weight is 375 g/mol. The minimum atomic E-state index is -0.438. The van der Waals surface area contributed by atoms with Gasteiger partial charge in [-0.3, -0.25) is 14.4 Å². The molecule has 1 aromatic carbocycles. The first-order chi connectivity index (χ1) is 12.5. The second-order valence-electron chi connectivity index (χ2n) is 7.22. The number of aromatic nitrogens is 2. The van der Waals surface area contributed by atoms with Gasteiger partial charge in [-0.15, -0.1) is 0 Å². The van der Waals surface area contributed by atoms with Gasteiger partial charge in [-0.1, -0.05) is 11.6 Å². The van der Waals surface area contributed by atoms with Crippen molar-refractivity contribution in [3.8, 4) is 0 Å². The van der Waals surface area contributed by atoms with Crippen LogP contribution in [0.15, 0.2) is 30.6 Å². The molecular formula is C19H23ClN4O2. The van der Waals surface area contributed by atoms with E-state index >= 15 is 0 Å². The number of rotatable bonds is 4. The third-order valence-electron chi connectivity index (χ3n) is 5.68. The number of piperidine rings is 1. The van der Waals surface area contributed by atoms with Crippen molar-refractivity contribution >= 4 is 23.2 Å². The number of nitrogens with zero attached hydrogens (tertiary/aromatic N) is 4. The number of carbonyl (C=O) groups excluding carboxylic acids is 1. The van der Waals surface area contributed by atoms with Gasteiger partial charge in [0, 0.05) is 36.1 Å². The molecule has 2 aromatic rings. The van der Waals surface area contributed by atoms with E-state index in [2.05, 4.69) is 10.00 Å². The van der Waals surface area contributed by atoms with Crippen LogP contribution in [-0.4, -0.2) is 52.4 Å². The number of likely N-dealkylation sites (N-methyl/N-ethyl adjacent to an activating group) is 1. The molecule has 0 bridgehead atoms. The average Bonchev–Trinajstić information content (AvgIpc) is 3.15. The quantitative estimate of drug-likeness (QED) is 0.889. The summed E-state index contributed by atoms with van der Waals surface area (Å²) in [6.45, 7) is 3.13. The lowest BCUT2D eigenvalue weighted by atomic mass is 9.73. The maximum Gasteiger partial charge on any atom is 0.237 e. The highest BCUT2D eigenvalue weighted by Gasteiger charge is 2.50. The molecule has 1 spiro atoms. The van der Waals surface area contributed by atoms with Crippen molar-refractivity contribution in [2.24, 2.45) is 0 Å². The Morgan fingerprint density at radius 2 is 2.08 bits per heavy atom. The molecule has 6 nitrogen and oxygen atoms in total. The van der Waals surface area contributed by atoms with Crippen molar-refractivity contribution in [2.75, 3.05) is 31.6 Å². The molecule has 26 heavy (non-hydrogen) atoms. The lowest BCUT2D eigenvalue weighted by Gasteiger charge is -2.38. The van der Waals surface area contributed by atoms with Gasteiger partial charge in [0.25, 0.3) is 0 Å². The van der Waals surface area contributed by atoms with Crippen LogP contribution in [0.3, 0.4) is 0 Å². The van der Waals surface area contributed by atoms with Crippen LogP contribution in [0.25, 0.3) is 0 Å². The van der Waals surface area contributed by atoms with E-state index in [1.165, 1.54) is 0 Å². The van der Waals surface area contributed by atoms with Gasteiger partial charge in [-0.25, -0.2) is 0 Å². The van der Waals surface area contributed by atoms with Crippen molar-refractivity contribution in [1.29, 1.82) is 0 Å². The first kappa shape index (κ1) is 17.5. The van der Waals surface area contributed by atoms with E-state index < -0.39 is 5.41 Å². The molecular weight excluding hydrogens is 352 g/mol. The number of aliphatic hydroxyl groups is 1. The standard InChI is InChI=1S/C19H23ClN4O2/c1-22-17-3-2-15(20)10-16(17)19(18(22)26)4-6-23(7-5-19)12-14-11-21-24(13-14)8-9-25/h2-3,10-11,13,25H,4-9,12H2,1H3. The number of carbonyl (C=O) groups is 1. The van der Waals surface area contributed by atoms with Crippen molar-refractivity contribution in [2.45, 2.75) is 31.3 Å². The molecule has 4 rings (SSSR count). The van der Waals surface area contributed by atoms with Gasteiger partial charge in [0.15, 0.2) is 0 Å². The van der Waals surface area contributed by atoms with Gasteiger partial charge in [0.1, 0.15) is 0 Å². The summed E-state index contributed by atoms with van der Waals surface area (Å²) in [5.74, 6) is 0.185. The molecule has 7 heteroatoms. The van der Waals surface area contributed by atoms with Crippen LogP contribution >= 0.6 is 11.6 Å². The van der Waals surface area contributed by atoms with Crippen LogP contribution in [0.5, 0.6) is 0 Å². The van der Waals surface area contributed by atoms with E-state index in [0.29, 0.717) is 11.6 Å². The second-order valence-corrected chi connectivity index (χ2v) is 7.66. The highest BCUT2D eigenvalue weighted by Crippen LogP contribution is 2.48. The summed E-state index contributed by atoms with van der Waals surface area (Å²) in [5.41, 5.74) is 2.76. The summed E-state index contributed by atoms with van der Waals surface area (Å²) in [4.78, 5) is 17.2. The minimum Gasteiger partial charge on any atom is -0.394 e. The number of benzene rings is 1. The molecule has 0 unspecified atom stereocenters. The topological polar surface area (TPSA) is 61.6 Å². The summed E-state index contributed by atoms with van der Waals surface area (Å²) in [6, 6.07) is 5.77. The molecule has 0 aliphatic carbocycles. The fraction of sp³-hybridized carbons (Fsp3) is 0.474. The molecule has 1 fully saturated rings. The highest BCUT2D eigenvalue weighted by atomic mass is 35.5. The first-order valence-electron chi connectivity index (χ1n) is 8.96. The number of aliphatic hydroxyl groups excluding tert-OH is 1. The van der Waals surface area contributed by atoms with Crippen LogP contribution in [0, 0.1) is 0 Å². The first-order valence-corrected chi connectivity index (χ1v) is 9.34. The Bertz CT molecular complexity index is 827. The van der Waals surface area contributed by atoms with Crippen molar-refractivity contribution in [3.63, 3.8) is 0 Å².